The zero-order chi connectivity index (χ0) is 19.4. The monoisotopic (exact) mass is 373 g/mol. The van der Waals surface area contributed by atoms with E-state index in [1.165, 1.54) is 11.1 Å². The number of carbonyl (C=O) groups excluding carboxylic acids is 1. The fourth-order valence-corrected chi connectivity index (χ4v) is 3.59. The van der Waals surface area contributed by atoms with Gasteiger partial charge in [-0.25, -0.2) is 18.7 Å². The van der Waals surface area contributed by atoms with Crippen molar-refractivity contribution < 1.29 is 13.6 Å². The lowest BCUT2D eigenvalue weighted by atomic mass is 9.78. The van der Waals surface area contributed by atoms with Crippen molar-refractivity contribution in [2.45, 2.75) is 39.0 Å². The van der Waals surface area contributed by atoms with Crippen LogP contribution in [0.4, 0.5) is 8.78 Å². The van der Waals surface area contributed by atoms with Gasteiger partial charge in [-0.05, 0) is 26.3 Å². The summed E-state index contributed by atoms with van der Waals surface area (Å²) in [5.41, 5.74) is 3.47. The van der Waals surface area contributed by atoms with E-state index in [4.69, 9.17) is 0 Å². The predicted octanol–water partition coefficient (Wildman–Crippen LogP) is 4.07. The van der Waals surface area contributed by atoms with Crippen LogP contribution >= 0.6 is 0 Å². The zero-order valence-corrected chi connectivity index (χ0v) is 15.8. The number of carbonyl (C=O) groups is 1. The minimum atomic E-state index is -2.64. The molecule has 1 aromatic rings. The summed E-state index contributed by atoms with van der Waals surface area (Å²) >= 11 is 0. The van der Waals surface area contributed by atoms with Gasteiger partial charge in [0.15, 0.2) is 5.82 Å². The largest absolute Gasteiger partial charge is 0.298 e. The lowest BCUT2D eigenvalue weighted by Gasteiger charge is -2.34. The highest BCUT2D eigenvalue weighted by molar-refractivity contribution is 5.84. The molecule has 0 amide bonds. The van der Waals surface area contributed by atoms with Gasteiger partial charge in [0.05, 0.1) is 6.54 Å². The zero-order valence-electron chi connectivity index (χ0n) is 15.8. The minimum absolute atomic E-state index is 0.0576. The maximum Gasteiger partial charge on any atom is 0.249 e. The molecule has 0 saturated heterocycles. The molecule has 1 aromatic heterocycles. The molecule has 0 aromatic carbocycles. The molecule has 2 aliphatic rings. The number of alkyl halides is 2. The van der Waals surface area contributed by atoms with Gasteiger partial charge >= 0.3 is 0 Å². The van der Waals surface area contributed by atoms with E-state index < -0.39 is 11.8 Å². The molecule has 3 rings (SSSR count). The van der Waals surface area contributed by atoms with Crippen LogP contribution in [-0.2, 0) is 4.79 Å². The first-order valence-electron chi connectivity index (χ1n) is 9.28. The van der Waals surface area contributed by atoms with Gasteiger partial charge in [-0.3, -0.25) is 9.69 Å². The van der Waals surface area contributed by atoms with Crippen molar-refractivity contribution >= 4 is 11.4 Å². The first-order valence-corrected chi connectivity index (χ1v) is 9.28. The molecule has 0 spiro atoms. The Kier molecular flexibility index (Phi) is 5.95. The van der Waals surface area contributed by atoms with Crippen LogP contribution < -0.4 is 0 Å². The van der Waals surface area contributed by atoms with Gasteiger partial charge in [-0.15, -0.1) is 0 Å². The molecule has 1 fully saturated rings. The molecule has 0 unspecified atom stereocenters. The van der Waals surface area contributed by atoms with E-state index in [0.717, 1.165) is 18.5 Å². The van der Waals surface area contributed by atoms with Crippen molar-refractivity contribution in [2.75, 3.05) is 19.6 Å². The van der Waals surface area contributed by atoms with Gasteiger partial charge in [-0.2, -0.15) is 0 Å². The maximum atomic E-state index is 13.0. The van der Waals surface area contributed by atoms with Crippen LogP contribution in [0.15, 0.2) is 47.8 Å². The maximum absolute atomic E-state index is 13.0. The van der Waals surface area contributed by atoms with Gasteiger partial charge in [0.25, 0.3) is 0 Å². The summed E-state index contributed by atoms with van der Waals surface area (Å²) in [4.78, 5) is 22.8. The van der Waals surface area contributed by atoms with Crippen LogP contribution in [0.1, 0.15) is 38.9 Å². The summed E-state index contributed by atoms with van der Waals surface area (Å²) in [6.45, 7) is 5.71. The van der Waals surface area contributed by atoms with Crippen LogP contribution in [0.25, 0.3) is 5.57 Å². The Balaban J connectivity index is 1.58. The number of Topliss-reactive ketones (excluding diaryl/α,β-unsaturated/α-hetero) is 1. The lowest BCUT2D eigenvalue weighted by molar-refractivity contribution is -0.148. The van der Waals surface area contributed by atoms with Gasteiger partial charge in [0.2, 0.25) is 5.92 Å². The minimum Gasteiger partial charge on any atom is -0.298 e. The molecular formula is C21H25F2N3O. The van der Waals surface area contributed by atoms with Crippen molar-refractivity contribution in [1.29, 1.82) is 0 Å². The number of aromatic nitrogens is 2. The van der Waals surface area contributed by atoms with E-state index >= 15 is 0 Å². The van der Waals surface area contributed by atoms with Crippen molar-refractivity contribution in [3.05, 3.63) is 53.7 Å². The van der Waals surface area contributed by atoms with Crippen molar-refractivity contribution in [2.24, 2.45) is 5.92 Å². The third-order valence-electron chi connectivity index (χ3n) is 5.14. The quantitative estimate of drug-likeness (QED) is 0.534. The molecule has 4 nitrogen and oxygen atoms in total. The summed E-state index contributed by atoms with van der Waals surface area (Å²) in [6, 6.07) is 1.79. The summed E-state index contributed by atoms with van der Waals surface area (Å²) in [5.74, 6) is -2.48. The molecule has 0 radical (unpaired) electrons. The third kappa shape index (κ3) is 4.95. The molecular weight excluding hydrogens is 348 g/mol. The lowest BCUT2D eigenvalue weighted by Crippen LogP contribution is -2.43. The number of nitrogens with zero attached hydrogens (tertiary/aromatic N) is 3. The highest BCUT2D eigenvalue weighted by Gasteiger charge is 2.48. The molecule has 1 saturated carbocycles. The fraction of sp³-hybridized carbons (Fsp3) is 0.476. The molecule has 2 heterocycles. The number of hydrogen-bond acceptors (Lipinski definition) is 4. The summed E-state index contributed by atoms with van der Waals surface area (Å²) in [7, 11) is 0. The van der Waals surface area contributed by atoms with E-state index in [2.05, 4.69) is 23.0 Å². The number of ketones is 1. The Labute approximate surface area is 158 Å². The van der Waals surface area contributed by atoms with E-state index in [1.54, 1.807) is 18.5 Å². The standard InChI is InChI=1S/C21H25F2N3O/c1-3-5-16(20-24-8-4-9-25-20)6-7-17-13-26(12-15(17)2)14-19(27)18-10-21(22,23)11-18/h3-6,8-9,18H,7,10-14H2,1-2H3/b5-3-,16-6+. The van der Waals surface area contributed by atoms with Crippen molar-refractivity contribution in [3.63, 3.8) is 0 Å². The summed E-state index contributed by atoms with van der Waals surface area (Å²) in [6.07, 6.45) is 9.67. The normalized spacial score (nSPS) is 21.1. The molecule has 1 aliphatic heterocycles. The smallest absolute Gasteiger partial charge is 0.249 e. The highest BCUT2D eigenvalue weighted by Crippen LogP contribution is 2.43. The average Bonchev–Trinajstić information content (AvgIpc) is 2.96. The van der Waals surface area contributed by atoms with Crippen molar-refractivity contribution in [3.8, 4) is 0 Å². The van der Waals surface area contributed by atoms with Crippen LogP contribution in [0.3, 0.4) is 0 Å². The SMILES string of the molecule is C/C=C\C(=C/CC1=C(C)CN(CC(=O)C2CC(F)(F)C2)C1)c1ncccn1. The Morgan fingerprint density at radius 3 is 2.63 bits per heavy atom. The second kappa shape index (κ2) is 8.21. The average molecular weight is 373 g/mol. The van der Waals surface area contributed by atoms with Crippen LogP contribution in [-0.4, -0.2) is 46.2 Å². The Hall–Kier alpha value is -2.21. The Bertz CT molecular complexity index is 776. The second-order valence-corrected chi connectivity index (χ2v) is 7.39. The van der Waals surface area contributed by atoms with Gasteiger partial charge in [0.1, 0.15) is 5.78 Å². The number of allylic oxidation sites excluding steroid dienone is 4. The predicted molar refractivity (Wildman–Crippen MR) is 101 cm³/mol. The first-order chi connectivity index (χ1) is 12.9. The summed E-state index contributed by atoms with van der Waals surface area (Å²) in [5, 5.41) is 0. The van der Waals surface area contributed by atoms with E-state index in [1.807, 2.05) is 24.0 Å². The van der Waals surface area contributed by atoms with E-state index in [9.17, 15) is 13.6 Å². The highest BCUT2D eigenvalue weighted by atomic mass is 19.3. The topological polar surface area (TPSA) is 46.1 Å². The second-order valence-electron chi connectivity index (χ2n) is 7.39. The molecule has 27 heavy (non-hydrogen) atoms. The molecule has 0 N–H and O–H groups in total. The molecule has 144 valence electrons. The molecule has 6 heteroatoms. The molecule has 1 aliphatic carbocycles. The van der Waals surface area contributed by atoms with Crippen LogP contribution in [0.5, 0.6) is 0 Å². The number of rotatable bonds is 7. The Morgan fingerprint density at radius 2 is 2.00 bits per heavy atom. The molecule has 0 bridgehead atoms. The van der Waals surface area contributed by atoms with Crippen molar-refractivity contribution in [1.82, 2.24) is 14.9 Å². The summed E-state index contributed by atoms with van der Waals surface area (Å²) < 4.78 is 25.9. The first kappa shape index (κ1) is 19.5. The fourth-order valence-electron chi connectivity index (χ4n) is 3.59. The third-order valence-corrected chi connectivity index (χ3v) is 5.14. The van der Waals surface area contributed by atoms with Crippen LogP contribution in [0.2, 0.25) is 0 Å². The van der Waals surface area contributed by atoms with Gasteiger partial charge in [-0.1, -0.05) is 29.4 Å². The van der Waals surface area contributed by atoms with E-state index in [-0.39, 0.29) is 25.2 Å². The van der Waals surface area contributed by atoms with Gasteiger partial charge < -0.3 is 0 Å². The molecule has 0 atom stereocenters. The Morgan fingerprint density at radius 1 is 1.30 bits per heavy atom. The number of hydrogen-bond donors (Lipinski definition) is 0. The van der Waals surface area contributed by atoms with E-state index in [0.29, 0.717) is 12.4 Å². The number of halogens is 2. The van der Waals surface area contributed by atoms with Gasteiger partial charge in [0, 0.05) is 49.8 Å². The van der Waals surface area contributed by atoms with Crippen LogP contribution in [0, 0.1) is 5.92 Å².